The number of fused-ring (bicyclic) bond motifs is 1. The van der Waals surface area contributed by atoms with Crippen molar-refractivity contribution in [1.82, 2.24) is 25.2 Å². The molecule has 0 bridgehead atoms. The molecule has 2 aliphatic rings. The summed E-state index contributed by atoms with van der Waals surface area (Å²) in [4.78, 5) is 65.4. The van der Waals surface area contributed by atoms with E-state index in [1.807, 2.05) is 0 Å². The molecule has 4 heterocycles. The molecule has 0 aliphatic carbocycles. The Hall–Kier alpha value is -3.37. The number of thioether (sulfide) groups is 2. The Bertz CT molecular complexity index is 1270. The van der Waals surface area contributed by atoms with Crippen LogP contribution >= 0.6 is 34.9 Å². The first-order valence-corrected chi connectivity index (χ1v) is 12.4. The zero-order valence-corrected chi connectivity index (χ0v) is 19.8. The number of aliphatic carboxylic acids is 1. The first-order chi connectivity index (χ1) is 16.3. The molecule has 0 spiro atoms. The van der Waals surface area contributed by atoms with Gasteiger partial charge in [0.05, 0.1) is 6.33 Å². The second kappa shape index (κ2) is 9.86. The van der Waals surface area contributed by atoms with Gasteiger partial charge in [-0.2, -0.15) is 0 Å². The van der Waals surface area contributed by atoms with Crippen molar-refractivity contribution in [1.29, 1.82) is 0 Å². The average molecular weight is 524 g/mol. The van der Waals surface area contributed by atoms with Gasteiger partial charge in [-0.3, -0.25) is 19.3 Å². The molecule has 2 atom stereocenters. The van der Waals surface area contributed by atoms with Gasteiger partial charge in [-0.15, -0.1) is 34.9 Å². The molecule has 0 radical (unpaired) electrons. The molecule has 2 aromatic rings. The van der Waals surface area contributed by atoms with Crippen molar-refractivity contribution in [2.24, 2.45) is 5.16 Å². The Morgan fingerprint density at radius 3 is 2.91 bits per heavy atom. The van der Waals surface area contributed by atoms with Gasteiger partial charge in [0.1, 0.15) is 34.9 Å². The topological polar surface area (TPSA) is 193 Å². The maximum absolute atomic E-state index is 12.9. The van der Waals surface area contributed by atoms with Crippen LogP contribution in [0.15, 0.2) is 44.0 Å². The van der Waals surface area contributed by atoms with Crippen LogP contribution in [-0.4, -0.2) is 78.5 Å². The number of nitrogens with zero attached hydrogens (tertiary/aromatic N) is 4. The van der Waals surface area contributed by atoms with E-state index >= 15 is 0 Å². The SMILES string of the molecule is CON=C(C(=O)N[C@@H]1C(=O)N2C(C(=O)O)=C(CSc3cc(=O)[nH]cn3)CS[C@@H]12)c1csc(N)n1. The minimum absolute atomic E-state index is 0.130. The number of thiazole rings is 1. The summed E-state index contributed by atoms with van der Waals surface area (Å²) >= 11 is 3.63. The van der Waals surface area contributed by atoms with E-state index in [2.05, 4.69) is 25.4 Å². The predicted octanol–water partition coefficient (Wildman–Crippen LogP) is -0.310. The summed E-state index contributed by atoms with van der Waals surface area (Å²) in [5.41, 5.74) is 5.72. The quantitative estimate of drug-likeness (QED) is 0.117. The molecule has 2 aromatic heterocycles. The predicted molar refractivity (Wildman–Crippen MR) is 125 cm³/mol. The molecule has 0 aromatic carbocycles. The van der Waals surface area contributed by atoms with Crippen LogP contribution in [0.2, 0.25) is 0 Å². The van der Waals surface area contributed by atoms with E-state index in [0.29, 0.717) is 16.4 Å². The lowest BCUT2D eigenvalue weighted by molar-refractivity contribution is -0.150. The number of rotatable bonds is 8. The lowest BCUT2D eigenvalue weighted by atomic mass is 10.0. The van der Waals surface area contributed by atoms with E-state index in [9.17, 15) is 24.3 Å². The normalized spacial score (nSPS) is 20.0. The number of amides is 2. The van der Waals surface area contributed by atoms with Crippen molar-refractivity contribution in [3.05, 3.63) is 45.1 Å². The molecule has 0 saturated carbocycles. The zero-order valence-electron chi connectivity index (χ0n) is 17.4. The summed E-state index contributed by atoms with van der Waals surface area (Å²) in [5.74, 6) is -1.96. The fraction of sp³-hybridized carbons (Fsp3) is 0.278. The first-order valence-electron chi connectivity index (χ1n) is 9.51. The van der Waals surface area contributed by atoms with E-state index in [-0.39, 0.29) is 33.5 Å². The van der Waals surface area contributed by atoms with Gasteiger partial charge in [0.15, 0.2) is 10.8 Å². The van der Waals surface area contributed by atoms with E-state index in [0.717, 1.165) is 16.2 Å². The van der Waals surface area contributed by atoms with Crippen molar-refractivity contribution in [2.75, 3.05) is 24.3 Å². The maximum Gasteiger partial charge on any atom is 0.352 e. The molecule has 16 heteroatoms. The highest BCUT2D eigenvalue weighted by Gasteiger charge is 2.54. The molecule has 178 valence electrons. The second-order valence-electron chi connectivity index (χ2n) is 6.85. The number of carboxylic acids is 1. The largest absolute Gasteiger partial charge is 0.477 e. The number of hydrogen-bond acceptors (Lipinski definition) is 12. The molecular weight excluding hydrogens is 506 g/mol. The smallest absolute Gasteiger partial charge is 0.352 e. The number of anilines is 1. The molecule has 4 rings (SSSR count). The summed E-state index contributed by atoms with van der Waals surface area (Å²) in [6, 6.07) is 0.355. The number of carboxylic acid groups (broad SMARTS) is 1. The Kier molecular flexibility index (Phi) is 6.90. The maximum atomic E-state index is 12.9. The number of aromatic amines is 1. The van der Waals surface area contributed by atoms with Crippen molar-refractivity contribution in [2.45, 2.75) is 16.4 Å². The van der Waals surface area contributed by atoms with Gasteiger partial charge < -0.3 is 26.0 Å². The Balaban J connectivity index is 1.49. The summed E-state index contributed by atoms with van der Waals surface area (Å²) in [5, 5.41) is 17.7. The van der Waals surface area contributed by atoms with E-state index in [1.165, 1.54) is 48.4 Å². The zero-order chi connectivity index (χ0) is 24.4. The van der Waals surface area contributed by atoms with Crippen LogP contribution in [0.1, 0.15) is 5.69 Å². The third kappa shape index (κ3) is 4.64. The van der Waals surface area contributed by atoms with Gasteiger partial charge in [0.2, 0.25) is 0 Å². The van der Waals surface area contributed by atoms with Crippen LogP contribution in [0, 0.1) is 0 Å². The van der Waals surface area contributed by atoms with Crippen molar-refractivity contribution in [3.63, 3.8) is 0 Å². The molecule has 1 fully saturated rings. The lowest BCUT2D eigenvalue weighted by Crippen LogP contribution is -2.71. The highest BCUT2D eigenvalue weighted by molar-refractivity contribution is 8.01. The standard InChI is InChI=1S/C18H17N7O6S3/c1-31-24-11(8-5-34-18(19)22-8)14(27)23-12-15(28)25-13(17(29)30)7(4-33-16(12)25)3-32-10-2-9(26)20-6-21-10/h2,5-6,12,16H,3-4H2,1H3,(H2,19,22)(H,23,27)(H,29,30)(H,20,21,26)/t12-,16+/m1/s1. The van der Waals surface area contributed by atoms with Gasteiger partial charge in [-0.05, 0) is 5.57 Å². The summed E-state index contributed by atoms with van der Waals surface area (Å²) in [6.45, 7) is 0. The second-order valence-corrected chi connectivity index (χ2v) is 9.84. The highest BCUT2D eigenvalue weighted by atomic mass is 32.2. The van der Waals surface area contributed by atoms with Crippen LogP contribution in [-0.2, 0) is 19.2 Å². The number of nitrogen functional groups attached to an aromatic ring is 1. The van der Waals surface area contributed by atoms with Crippen LogP contribution in [0.4, 0.5) is 5.13 Å². The van der Waals surface area contributed by atoms with Crippen molar-refractivity contribution >= 4 is 63.5 Å². The molecule has 2 amide bonds. The number of aromatic nitrogens is 3. The fourth-order valence-electron chi connectivity index (χ4n) is 3.29. The van der Waals surface area contributed by atoms with Gasteiger partial charge in [0, 0.05) is 23.0 Å². The van der Waals surface area contributed by atoms with E-state index in [4.69, 9.17) is 10.6 Å². The van der Waals surface area contributed by atoms with Gasteiger partial charge in [-0.25, -0.2) is 14.8 Å². The van der Waals surface area contributed by atoms with Crippen LogP contribution in [0.5, 0.6) is 0 Å². The molecule has 2 aliphatic heterocycles. The monoisotopic (exact) mass is 523 g/mol. The number of carbonyl (C=O) groups excluding carboxylic acids is 2. The molecular formula is C18H17N7O6S3. The Morgan fingerprint density at radius 1 is 1.47 bits per heavy atom. The lowest BCUT2D eigenvalue weighted by Gasteiger charge is -2.49. The fourth-order valence-corrected chi connectivity index (χ4v) is 6.19. The molecule has 1 saturated heterocycles. The van der Waals surface area contributed by atoms with Gasteiger partial charge >= 0.3 is 5.97 Å². The van der Waals surface area contributed by atoms with E-state index < -0.39 is 29.2 Å². The number of H-pyrrole nitrogens is 1. The number of β-lactam (4-membered cyclic amide) rings is 1. The molecule has 34 heavy (non-hydrogen) atoms. The van der Waals surface area contributed by atoms with Crippen LogP contribution in [0.3, 0.4) is 0 Å². The number of oxime groups is 1. The summed E-state index contributed by atoms with van der Waals surface area (Å²) in [6.07, 6.45) is 1.26. The Morgan fingerprint density at radius 2 is 2.26 bits per heavy atom. The van der Waals surface area contributed by atoms with Gasteiger partial charge in [-0.1, -0.05) is 5.16 Å². The average Bonchev–Trinajstić information content (AvgIpc) is 3.24. The number of nitrogens with two attached hydrogens (primary N) is 1. The molecule has 13 nitrogen and oxygen atoms in total. The van der Waals surface area contributed by atoms with Crippen molar-refractivity contribution in [3.8, 4) is 0 Å². The van der Waals surface area contributed by atoms with Crippen molar-refractivity contribution < 1.29 is 24.3 Å². The van der Waals surface area contributed by atoms with E-state index in [1.54, 1.807) is 0 Å². The minimum atomic E-state index is -1.25. The van der Waals surface area contributed by atoms with Crippen LogP contribution in [0.25, 0.3) is 0 Å². The first kappa shape index (κ1) is 23.8. The summed E-state index contributed by atoms with van der Waals surface area (Å²) < 4.78 is 0. The number of carbonyl (C=O) groups is 3. The molecule has 0 unspecified atom stereocenters. The highest BCUT2D eigenvalue weighted by Crippen LogP contribution is 2.41. The Labute approximate surface area is 203 Å². The molecule has 5 N–H and O–H groups in total. The number of hydrogen-bond donors (Lipinski definition) is 4. The minimum Gasteiger partial charge on any atom is -0.477 e. The van der Waals surface area contributed by atoms with Gasteiger partial charge in [0.25, 0.3) is 17.4 Å². The number of nitrogens with one attached hydrogen (secondary N) is 2. The summed E-state index contributed by atoms with van der Waals surface area (Å²) in [7, 11) is 1.26. The van der Waals surface area contributed by atoms with Crippen LogP contribution < -0.4 is 16.6 Å². The third-order valence-corrected chi connectivity index (χ3v) is 7.77. The third-order valence-electron chi connectivity index (χ3n) is 4.75.